The zero-order valence-corrected chi connectivity index (χ0v) is 19.9. The van der Waals surface area contributed by atoms with E-state index in [2.05, 4.69) is 58.3 Å². The molecule has 0 radical (unpaired) electrons. The van der Waals surface area contributed by atoms with E-state index in [1.165, 1.54) is 10.8 Å². The fourth-order valence-corrected chi connectivity index (χ4v) is 4.49. The Morgan fingerprint density at radius 2 is 1.42 bits per heavy atom. The maximum atomic E-state index is 6.10. The first-order valence-electron chi connectivity index (χ1n) is 11.6. The van der Waals surface area contributed by atoms with Crippen molar-refractivity contribution in [3.05, 3.63) is 60.2 Å². The predicted octanol–water partition coefficient (Wildman–Crippen LogP) is 4.45. The van der Waals surface area contributed by atoms with Gasteiger partial charge in [0.1, 0.15) is 5.75 Å². The summed E-state index contributed by atoms with van der Waals surface area (Å²) in [5.41, 5.74) is 1.12. The van der Waals surface area contributed by atoms with Crippen LogP contribution in [0.3, 0.4) is 0 Å². The van der Waals surface area contributed by atoms with Gasteiger partial charge in [0.2, 0.25) is 5.75 Å². The number of hydrogen-bond donors (Lipinski definition) is 0. The molecule has 3 aromatic rings. The summed E-state index contributed by atoms with van der Waals surface area (Å²) in [6, 6.07) is 18.6. The Morgan fingerprint density at radius 3 is 2.18 bits per heavy atom. The van der Waals surface area contributed by atoms with E-state index in [9.17, 15) is 0 Å². The highest BCUT2D eigenvalue weighted by atomic mass is 16.5. The minimum atomic E-state index is 0.655. The third kappa shape index (κ3) is 5.52. The highest BCUT2D eigenvalue weighted by Gasteiger charge is 2.21. The summed E-state index contributed by atoms with van der Waals surface area (Å²) in [7, 11) is 4.97. The number of ether oxygens (including phenoxy) is 4. The lowest BCUT2D eigenvalue weighted by Gasteiger charge is -2.35. The largest absolute Gasteiger partial charge is 0.493 e. The predicted molar refractivity (Wildman–Crippen MR) is 132 cm³/mol. The molecule has 0 unspecified atom stereocenters. The minimum absolute atomic E-state index is 0.655. The van der Waals surface area contributed by atoms with Crippen molar-refractivity contribution < 1.29 is 18.9 Å². The molecule has 4 rings (SSSR count). The second-order valence-corrected chi connectivity index (χ2v) is 8.29. The lowest BCUT2D eigenvalue weighted by atomic mass is 10.1. The first-order valence-corrected chi connectivity index (χ1v) is 11.6. The smallest absolute Gasteiger partial charge is 0.203 e. The monoisotopic (exact) mass is 450 g/mol. The summed E-state index contributed by atoms with van der Waals surface area (Å²) in [6.45, 7) is 6.80. The van der Waals surface area contributed by atoms with Crippen LogP contribution in [0.15, 0.2) is 54.6 Å². The van der Waals surface area contributed by atoms with Gasteiger partial charge in [0.15, 0.2) is 11.5 Å². The third-order valence-corrected chi connectivity index (χ3v) is 6.27. The van der Waals surface area contributed by atoms with Gasteiger partial charge in [-0.15, -0.1) is 0 Å². The Kier molecular flexibility index (Phi) is 7.92. The first-order chi connectivity index (χ1) is 16.2. The molecule has 1 fully saturated rings. The van der Waals surface area contributed by atoms with Crippen molar-refractivity contribution in [2.24, 2.45) is 0 Å². The van der Waals surface area contributed by atoms with Crippen LogP contribution in [0.2, 0.25) is 0 Å². The molecule has 176 valence electrons. The van der Waals surface area contributed by atoms with Crippen LogP contribution in [-0.4, -0.2) is 70.5 Å². The van der Waals surface area contributed by atoms with E-state index in [4.69, 9.17) is 18.9 Å². The van der Waals surface area contributed by atoms with Crippen molar-refractivity contribution >= 4 is 10.8 Å². The quantitative estimate of drug-likeness (QED) is 0.425. The van der Waals surface area contributed by atoms with E-state index < -0.39 is 0 Å². The van der Waals surface area contributed by atoms with Crippen LogP contribution in [0.25, 0.3) is 10.8 Å². The second-order valence-electron chi connectivity index (χ2n) is 8.29. The van der Waals surface area contributed by atoms with Gasteiger partial charge >= 0.3 is 0 Å². The Bertz CT molecular complexity index is 1040. The van der Waals surface area contributed by atoms with Gasteiger partial charge in [-0.2, -0.15) is 0 Å². The maximum Gasteiger partial charge on any atom is 0.203 e. The van der Waals surface area contributed by atoms with Crippen LogP contribution < -0.4 is 18.9 Å². The molecule has 1 heterocycles. The van der Waals surface area contributed by atoms with Crippen molar-refractivity contribution in [3.63, 3.8) is 0 Å². The molecule has 3 aromatic carbocycles. The summed E-state index contributed by atoms with van der Waals surface area (Å²) in [5.74, 6) is 3.07. The topological polar surface area (TPSA) is 43.4 Å². The average molecular weight is 451 g/mol. The molecule has 0 amide bonds. The molecule has 1 aliphatic rings. The van der Waals surface area contributed by atoms with Gasteiger partial charge in [-0.25, -0.2) is 0 Å². The summed E-state index contributed by atoms with van der Waals surface area (Å²) in [5, 5.41) is 2.40. The summed E-state index contributed by atoms with van der Waals surface area (Å²) >= 11 is 0. The van der Waals surface area contributed by atoms with E-state index in [0.717, 1.165) is 69.4 Å². The highest BCUT2D eigenvalue weighted by molar-refractivity contribution is 5.88. The molecule has 0 aromatic heterocycles. The van der Waals surface area contributed by atoms with E-state index in [-0.39, 0.29) is 0 Å². The fourth-order valence-electron chi connectivity index (χ4n) is 4.49. The van der Waals surface area contributed by atoms with Crippen molar-refractivity contribution in [3.8, 4) is 23.0 Å². The lowest BCUT2D eigenvalue weighted by molar-refractivity contribution is 0.120. The number of hydrogen-bond acceptors (Lipinski definition) is 6. The molecule has 0 saturated carbocycles. The van der Waals surface area contributed by atoms with E-state index in [1.54, 1.807) is 21.3 Å². The molecule has 0 spiro atoms. The Labute approximate surface area is 196 Å². The highest BCUT2D eigenvalue weighted by Crippen LogP contribution is 2.40. The van der Waals surface area contributed by atoms with E-state index >= 15 is 0 Å². The van der Waals surface area contributed by atoms with Gasteiger partial charge in [-0.05, 0) is 23.9 Å². The number of piperazine rings is 1. The standard InChI is InChI=1S/C27H34N2O4/c1-30-25-13-12-22(26(31-2)27(25)32-3)20-29-17-15-28(16-18-29)14-7-19-33-24-11-6-9-21-8-4-5-10-23(21)24/h4-6,8-13H,7,14-20H2,1-3H3. The zero-order chi connectivity index (χ0) is 23.0. The molecule has 1 aliphatic heterocycles. The van der Waals surface area contributed by atoms with Crippen LogP contribution in [0.1, 0.15) is 12.0 Å². The molecule has 0 bridgehead atoms. The van der Waals surface area contributed by atoms with Crippen LogP contribution in [-0.2, 0) is 6.54 Å². The van der Waals surface area contributed by atoms with Gasteiger partial charge in [-0.3, -0.25) is 4.90 Å². The molecular formula is C27H34N2O4. The normalized spacial score (nSPS) is 14.9. The van der Waals surface area contributed by atoms with Crippen molar-refractivity contribution in [2.45, 2.75) is 13.0 Å². The lowest BCUT2D eigenvalue weighted by Crippen LogP contribution is -2.46. The zero-order valence-electron chi connectivity index (χ0n) is 19.9. The molecule has 6 nitrogen and oxygen atoms in total. The maximum absolute atomic E-state index is 6.10. The third-order valence-electron chi connectivity index (χ3n) is 6.27. The SMILES string of the molecule is COc1ccc(CN2CCN(CCCOc3cccc4ccccc34)CC2)c(OC)c1OC. The van der Waals surface area contributed by atoms with Gasteiger partial charge in [0.25, 0.3) is 0 Å². The number of fused-ring (bicyclic) bond motifs is 1. The second kappa shape index (κ2) is 11.3. The van der Waals surface area contributed by atoms with Gasteiger partial charge in [0.05, 0.1) is 27.9 Å². The van der Waals surface area contributed by atoms with Crippen LogP contribution in [0.4, 0.5) is 0 Å². The summed E-state index contributed by atoms with van der Waals surface area (Å²) in [4.78, 5) is 4.99. The Balaban J connectivity index is 1.23. The van der Waals surface area contributed by atoms with Crippen molar-refractivity contribution in [1.82, 2.24) is 9.80 Å². The molecular weight excluding hydrogens is 416 g/mol. The molecule has 6 heteroatoms. The van der Waals surface area contributed by atoms with E-state index in [0.29, 0.717) is 11.5 Å². The summed E-state index contributed by atoms with van der Waals surface area (Å²) in [6.07, 6.45) is 1.02. The Hall–Kier alpha value is -2.96. The van der Waals surface area contributed by atoms with Crippen LogP contribution in [0.5, 0.6) is 23.0 Å². The van der Waals surface area contributed by atoms with Crippen LogP contribution >= 0.6 is 0 Å². The minimum Gasteiger partial charge on any atom is -0.493 e. The van der Waals surface area contributed by atoms with Crippen molar-refractivity contribution in [2.75, 3.05) is 60.7 Å². The molecule has 33 heavy (non-hydrogen) atoms. The van der Waals surface area contributed by atoms with Gasteiger partial charge in [0, 0.05) is 50.2 Å². The number of nitrogens with zero attached hydrogens (tertiary/aromatic N) is 2. The molecule has 1 saturated heterocycles. The van der Waals surface area contributed by atoms with Crippen molar-refractivity contribution in [1.29, 1.82) is 0 Å². The Morgan fingerprint density at radius 1 is 0.697 bits per heavy atom. The van der Waals surface area contributed by atoms with Crippen LogP contribution in [0, 0.1) is 0 Å². The van der Waals surface area contributed by atoms with Gasteiger partial charge in [-0.1, -0.05) is 42.5 Å². The molecule has 0 aliphatic carbocycles. The summed E-state index contributed by atoms with van der Waals surface area (Å²) < 4.78 is 22.7. The first kappa shape index (κ1) is 23.2. The average Bonchev–Trinajstić information content (AvgIpc) is 2.87. The number of methoxy groups -OCH3 is 3. The number of rotatable bonds is 10. The molecule has 0 atom stereocenters. The van der Waals surface area contributed by atoms with E-state index in [1.807, 2.05) is 6.07 Å². The fraction of sp³-hybridized carbons (Fsp3) is 0.407. The molecule has 0 N–H and O–H groups in total. The van der Waals surface area contributed by atoms with Gasteiger partial charge < -0.3 is 23.8 Å². The number of benzene rings is 3.